The van der Waals surface area contributed by atoms with E-state index in [9.17, 15) is 4.79 Å². The lowest BCUT2D eigenvalue weighted by Gasteiger charge is -2.19. The van der Waals surface area contributed by atoms with Crippen LogP contribution in [0.15, 0.2) is 40.8 Å². The van der Waals surface area contributed by atoms with Gasteiger partial charge in [-0.15, -0.1) is 0 Å². The van der Waals surface area contributed by atoms with Gasteiger partial charge in [0.2, 0.25) is 0 Å². The number of carbonyl (C=O) groups is 1. The van der Waals surface area contributed by atoms with Crippen molar-refractivity contribution in [2.24, 2.45) is 0 Å². The number of halogens is 1. The Morgan fingerprint density at radius 1 is 1.24 bits per heavy atom. The first-order valence-electron chi connectivity index (χ1n) is 7.01. The summed E-state index contributed by atoms with van der Waals surface area (Å²) in [5, 5.41) is 3.28. The van der Waals surface area contributed by atoms with Gasteiger partial charge in [0.15, 0.2) is 3.77 Å². The van der Waals surface area contributed by atoms with Crippen molar-refractivity contribution in [3.05, 3.63) is 51.5 Å². The van der Waals surface area contributed by atoms with Crippen LogP contribution >= 0.6 is 22.6 Å². The second-order valence-electron chi connectivity index (χ2n) is 4.62. The Bertz CT molecular complexity index is 606. The molecule has 5 heteroatoms. The molecule has 1 aromatic heterocycles. The fraction of sp³-hybridized carbons (Fsp3) is 0.312. The number of rotatable bonds is 6. The molecule has 0 atom stereocenters. The maximum Gasteiger partial charge on any atom is 0.253 e. The van der Waals surface area contributed by atoms with E-state index in [1.54, 1.807) is 0 Å². The van der Waals surface area contributed by atoms with Gasteiger partial charge in [0.05, 0.1) is 6.54 Å². The third-order valence-electron chi connectivity index (χ3n) is 3.26. The minimum absolute atomic E-state index is 0.0659. The number of anilines is 1. The lowest BCUT2D eigenvalue weighted by Crippen LogP contribution is -2.30. The van der Waals surface area contributed by atoms with E-state index in [0.29, 0.717) is 12.1 Å². The quantitative estimate of drug-likeness (QED) is 0.749. The smallest absolute Gasteiger partial charge is 0.253 e. The maximum atomic E-state index is 12.3. The number of hydrogen-bond acceptors (Lipinski definition) is 3. The number of nitrogens with zero attached hydrogens (tertiary/aromatic N) is 1. The van der Waals surface area contributed by atoms with Crippen LogP contribution in [0.3, 0.4) is 0 Å². The summed E-state index contributed by atoms with van der Waals surface area (Å²) in [6.45, 7) is 6.02. The lowest BCUT2D eigenvalue weighted by atomic mass is 10.1. The number of hydrogen-bond donors (Lipinski definition) is 1. The highest BCUT2D eigenvalue weighted by molar-refractivity contribution is 14.1. The predicted molar refractivity (Wildman–Crippen MR) is 92.4 cm³/mol. The monoisotopic (exact) mass is 398 g/mol. The van der Waals surface area contributed by atoms with Crippen LogP contribution < -0.4 is 5.32 Å². The van der Waals surface area contributed by atoms with Gasteiger partial charge in [-0.2, -0.15) is 0 Å². The average Bonchev–Trinajstić information content (AvgIpc) is 2.92. The first-order chi connectivity index (χ1) is 10.1. The Balaban J connectivity index is 2.05. The van der Waals surface area contributed by atoms with Crippen molar-refractivity contribution in [2.45, 2.75) is 20.4 Å². The van der Waals surface area contributed by atoms with Crippen molar-refractivity contribution in [3.8, 4) is 0 Å². The van der Waals surface area contributed by atoms with Gasteiger partial charge in [0, 0.05) is 24.3 Å². The average molecular weight is 398 g/mol. The highest BCUT2D eigenvalue weighted by atomic mass is 127. The fourth-order valence-corrected chi connectivity index (χ4v) is 2.55. The molecule has 1 amide bonds. The normalized spacial score (nSPS) is 10.4. The minimum Gasteiger partial charge on any atom is -0.454 e. The van der Waals surface area contributed by atoms with E-state index >= 15 is 0 Å². The third kappa shape index (κ3) is 4.23. The van der Waals surface area contributed by atoms with Gasteiger partial charge >= 0.3 is 0 Å². The second kappa shape index (κ2) is 7.49. The Morgan fingerprint density at radius 2 is 2.00 bits per heavy atom. The lowest BCUT2D eigenvalue weighted by molar-refractivity contribution is 0.0773. The largest absolute Gasteiger partial charge is 0.454 e. The minimum atomic E-state index is 0.0659. The van der Waals surface area contributed by atoms with E-state index in [1.807, 2.05) is 55.1 Å². The summed E-state index contributed by atoms with van der Waals surface area (Å²) in [6.07, 6.45) is 0. The molecule has 1 N–H and O–H groups in total. The molecule has 1 aromatic carbocycles. The summed E-state index contributed by atoms with van der Waals surface area (Å²) >= 11 is 2.14. The zero-order valence-electron chi connectivity index (χ0n) is 12.2. The molecule has 4 nitrogen and oxygen atoms in total. The zero-order valence-corrected chi connectivity index (χ0v) is 14.4. The summed E-state index contributed by atoms with van der Waals surface area (Å²) in [5.41, 5.74) is 1.62. The molecule has 0 aliphatic rings. The van der Waals surface area contributed by atoms with Gasteiger partial charge in [0.25, 0.3) is 5.91 Å². The van der Waals surface area contributed by atoms with Crippen molar-refractivity contribution in [1.82, 2.24) is 4.90 Å². The third-order valence-corrected chi connectivity index (χ3v) is 3.84. The van der Waals surface area contributed by atoms with Crippen LogP contribution in [0.4, 0.5) is 5.69 Å². The van der Waals surface area contributed by atoms with E-state index in [-0.39, 0.29) is 5.91 Å². The van der Waals surface area contributed by atoms with Gasteiger partial charge in [-0.3, -0.25) is 4.79 Å². The number of benzene rings is 1. The summed E-state index contributed by atoms with van der Waals surface area (Å²) in [4.78, 5) is 14.1. The Labute approximate surface area is 138 Å². The van der Waals surface area contributed by atoms with E-state index in [2.05, 4.69) is 27.9 Å². The van der Waals surface area contributed by atoms with Crippen molar-refractivity contribution < 1.29 is 9.21 Å². The van der Waals surface area contributed by atoms with Gasteiger partial charge in [-0.05, 0) is 66.8 Å². The highest BCUT2D eigenvalue weighted by Crippen LogP contribution is 2.16. The molecule has 2 rings (SSSR count). The van der Waals surface area contributed by atoms with Crippen molar-refractivity contribution in [3.63, 3.8) is 0 Å². The first-order valence-corrected chi connectivity index (χ1v) is 8.09. The van der Waals surface area contributed by atoms with Crippen LogP contribution in [0.5, 0.6) is 0 Å². The molecule has 112 valence electrons. The van der Waals surface area contributed by atoms with Gasteiger partial charge in [-0.1, -0.05) is 6.07 Å². The molecule has 0 saturated heterocycles. The molecule has 2 aromatic rings. The maximum absolute atomic E-state index is 12.3. The standard InChI is InChI=1S/C16H19IN2O2/c1-3-19(4-2)16(20)12-6-5-7-13(10-12)18-11-14-8-9-15(17)21-14/h5-10,18H,3-4,11H2,1-2H3. The molecule has 0 spiro atoms. The summed E-state index contributed by atoms with van der Waals surface area (Å²) in [5.74, 6) is 0.941. The predicted octanol–water partition coefficient (Wildman–Crippen LogP) is 3.98. The Kier molecular flexibility index (Phi) is 5.67. The second-order valence-corrected chi connectivity index (χ2v) is 5.68. The molecule has 1 heterocycles. The molecule has 0 aliphatic heterocycles. The zero-order chi connectivity index (χ0) is 15.2. The van der Waals surface area contributed by atoms with E-state index < -0.39 is 0 Å². The van der Waals surface area contributed by atoms with Crippen LogP contribution in [-0.2, 0) is 6.54 Å². The summed E-state index contributed by atoms with van der Waals surface area (Å²) in [7, 11) is 0. The molecule has 0 fully saturated rings. The molecule has 0 radical (unpaired) electrons. The van der Waals surface area contributed by atoms with Gasteiger partial charge in [0.1, 0.15) is 5.76 Å². The molecule has 0 unspecified atom stereocenters. The number of nitrogens with one attached hydrogen (secondary N) is 1. The van der Waals surface area contributed by atoms with Crippen LogP contribution in [0.1, 0.15) is 30.0 Å². The molecule has 21 heavy (non-hydrogen) atoms. The van der Waals surface area contributed by atoms with E-state index in [4.69, 9.17) is 4.42 Å². The molecule has 0 saturated carbocycles. The van der Waals surface area contributed by atoms with Crippen molar-refractivity contribution in [1.29, 1.82) is 0 Å². The summed E-state index contributed by atoms with van der Waals surface area (Å²) < 4.78 is 6.38. The number of amides is 1. The Hall–Kier alpha value is -1.50. The number of carbonyl (C=O) groups excluding carboxylic acids is 1. The molecular formula is C16H19IN2O2. The highest BCUT2D eigenvalue weighted by Gasteiger charge is 2.12. The van der Waals surface area contributed by atoms with Crippen LogP contribution in [0.2, 0.25) is 0 Å². The Morgan fingerprint density at radius 3 is 2.62 bits per heavy atom. The van der Waals surface area contributed by atoms with E-state index in [0.717, 1.165) is 28.3 Å². The van der Waals surface area contributed by atoms with E-state index in [1.165, 1.54) is 0 Å². The molecule has 0 bridgehead atoms. The van der Waals surface area contributed by atoms with Gasteiger partial charge < -0.3 is 14.6 Å². The SMILES string of the molecule is CCN(CC)C(=O)c1cccc(NCc2ccc(I)o2)c1. The van der Waals surface area contributed by atoms with Gasteiger partial charge in [-0.25, -0.2) is 0 Å². The molecule has 0 aliphatic carbocycles. The number of furan rings is 1. The fourth-order valence-electron chi connectivity index (χ4n) is 2.09. The van der Waals surface area contributed by atoms with Crippen LogP contribution in [0, 0.1) is 3.77 Å². The van der Waals surface area contributed by atoms with Crippen LogP contribution in [0.25, 0.3) is 0 Å². The van der Waals surface area contributed by atoms with Crippen molar-refractivity contribution in [2.75, 3.05) is 18.4 Å². The first kappa shape index (κ1) is 15.9. The van der Waals surface area contributed by atoms with Crippen LogP contribution in [-0.4, -0.2) is 23.9 Å². The van der Waals surface area contributed by atoms with Crippen molar-refractivity contribution >= 4 is 34.2 Å². The topological polar surface area (TPSA) is 45.5 Å². The summed E-state index contributed by atoms with van der Waals surface area (Å²) in [6, 6.07) is 11.5. The molecular weight excluding hydrogens is 379 g/mol.